The first-order chi connectivity index (χ1) is 8.49. The number of carbonyl (C=O) groups is 1. The molecule has 100 valence electrons. The number of rotatable bonds is 5. The van der Waals surface area contributed by atoms with Gasteiger partial charge in [0.2, 0.25) is 0 Å². The number of benzene rings is 1. The van der Waals surface area contributed by atoms with Crippen LogP contribution in [0.3, 0.4) is 0 Å². The molecule has 0 aliphatic rings. The van der Waals surface area contributed by atoms with E-state index >= 15 is 0 Å². The zero-order chi connectivity index (χ0) is 13.7. The number of halogens is 1. The van der Waals surface area contributed by atoms with E-state index in [4.69, 9.17) is 4.74 Å². The Kier molecular flexibility index (Phi) is 5.66. The van der Waals surface area contributed by atoms with Crippen LogP contribution < -0.4 is 5.32 Å². The molecule has 1 N–H and O–H groups in total. The predicted molar refractivity (Wildman–Crippen MR) is 78.0 cm³/mol. The van der Waals surface area contributed by atoms with Crippen molar-refractivity contribution in [2.45, 2.75) is 40.2 Å². The molecule has 1 unspecified atom stereocenters. The number of ether oxygens (including phenoxy) is 1. The fraction of sp³-hybridized carbons (Fsp3) is 0.500. The summed E-state index contributed by atoms with van der Waals surface area (Å²) in [5, 5.41) is 3.23. The van der Waals surface area contributed by atoms with Gasteiger partial charge in [-0.15, -0.1) is 0 Å². The predicted octanol–water partition coefficient (Wildman–Crippen LogP) is 3.82. The number of aryl methyl sites for hydroxylation is 2. The Balaban J connectivity index is 2.85. The zero-order valence-electron chi connectivity index (χ0n) is 11.3. The van der Waals surface area contributed by atoms with E-state index in [2.05, 4.69) is 21.2 Å². The molecule has 0 saturated heterocycles. The summed E-state index contributed by atoms with van der Waals surface area (Å²) in [7, 11) is 0. The molecule has 3 nitrogen and oxygen atoms in total. The molecule has 0 saturated carbocycles. The number of nitrogens with one attached hydrogen (secondary N) is 1. The van der Waals surface area contributed by atoms with Gasteiger partial charge >= 0.3 is 5.97 Å². The van der Waals surface area contributed by atoms with E-state index in [0.29, 0.717) is 13.0 Å². The minimum Gasteiger partial charge on any atom is -0.464 e. The lowest BCUT2D eigenvalue weighted by atomic mass is 10.1. The normalized spacial score (nSPS) is 12.1. The third-order valence-corrected chi connectivity index (χ3v) is 4.01. The van der Waals surface area contributed by atoms with Gasteiger partial charge in [0.05, 0.1) is 6.61 Å². The highest BCUT2D eigenvalue weighted by Crippen LogP contribution is 2.25. The highest BCUT2D eigenvalue weighted by molar-refractivity contribution is 9.10. The molecular weight excluding hydrogens is 294 g/mol. The molecule has 0 spiro atoms. The number of carbonyl (C=O) groups excluding carboxylic acids is 1. The molecular formula is C14H20BrNO2. The molecule has 4 heteroatoms. The minimum absolute atomic E-state index is 0.196. The van der Waals surface area contributed by atoms with E-state index in [0.717, 1.165) is 21.3 Å². The molecule has 0 fully saturated rings. The average Bonchev–Trinajstić information content (AvgIpc) is 2.33. The van der Waals surface area contributed by atoms with Crippen molar-refractivity contribution in [3.8, 4) is 0 Å². The third kappa shape index (κ3) is 3.73. The van der Waals surface area contributed by atoms with Crippen LogP contribution in [0.25, 0.3) is 0 Å². The summed E-state index contributed by atoms with van der Waals surface area (Å²) in [6, 6.07) is 3.77. The Morgan fingerprint density at radius 3 is 2.33 bits per heavy atom. The molecule has 0 aromatic heterocycles. The molecule has 0 radical (unpaired) electrons. The van der Waals surface area contributed by atoms with E-state index in [9.17, 15) is 4.79 Å². The van der Waals surface area contributed by atoms with Crippen LogP contribution in [0, 0.1) is 13.8 Å². The second kappa shape index (κ2) is 6.78. The van der Waals surface area contributed by atoms with Crippen molar-refractivity contribution < 1.29 is 9.53 Å². The molecule has 0 aliphatic heterocycles. The molecule has 1 aromatic rings. The lowest BCUT2D eigenvalue weighted by Gasteiger charge is -2.18. The summed E-state index contributed by atoms with van der Waals surface area (Å²) in [5.74, 6) is -0.196. The van der Waals surface area contributed by atoms with Crippen molar-refractivity contribution in [3.63, 3.8) is 0 Å². The lowest BCUT2D eigenvalue weighted by molar-refractivity contribution is -0.144. The quantitative estimate of drug-likeness (QED) is 0.840. The van der Waals surface area contributed by atoms with Crippen LogP contribution in [0.5, 0.6) is 0 Å². The molecule has 1 atom stereocenters. The van der Waals surface area contributed by atoms with Crippen molar-refractivity contribution in [2.24, 2.45) is 0 Å². The Morgan fingerprint density at radius 2 is 1.89 bits per heavy atom. The number of anilines is 1. The van der Waals surface area contributed by atoms with E-state index in [1.807, 2.05) is 39.8 Å². The fourth-order valence-electron chi connectivity index (χ4n) is 1.80. The Bertz CT molecular complexity index is 409. The fourth-order valence-corrected chi connectivity index (χ4v) is 2.03. The molecule has 0 aliphatic carbocycles. The summed E-state index contributed by atoms with van der Waals surface area (Å²) in [6.45, 7) is 8.27. The molecule has 0 heterocycles. The molecule has 1 rings (SSSR count). The van der Waals surface area contributed by atoms with Crippen molar-refractivity contribution in [3.05, 3.63) is 27.7 Å². The summed E-state index contributed by atoms with van der Waals surface area (Å²) in [6.07, 6.45) is 0.701. The first-order valence-corrected chi connectivity index (χ1v) is 6.98. The lowest BCUT2D eigenvalue weighted by Crippen LogP contribution is -2.30. The van der Waals surface area contributed by atoms with Crippen molar-refractivity contribution in [1.82, 2.24) is 0 Å². The van der Waals surface area contributed by atoms with Gasteiger partial charge in [0, 0.05) is 10.2 Å². The van der Waals surface area contributed by atoms with Crippen LogP contribution in [0.15, 0.2) is 16.6 Å². The Morgan fingerprint density at radius 1 is 1.33 bits per heavy atom. The first-order valence-electron chi connectivity index (χ1n) is 6.19. The molecule has 1 aromatic carbocycles. The van der Waals surface area contributed by atoms with Gasteiger partial charge in [-0.2, -0.15) is 0 Å². The van der Waals surface area contributed by atoms with Gasteiger partial charge in [-0.1, -0.05) is 22.9 Å². The van der Waals surface area contributed by atoms with Gasteiger partial charge in [-0.3, -0.25) is 0 Å². The van der Waals surface area contributed by atoms with E-state index < -0.39 is 0 Å². The van der Waals surface area contributed by atoms with Crippen LogP contribution in [-0.4, -0.2) is 18.6 Å². The van der Waals surface area contributed by atoms with Gasteiger partial charge < -0.3 is 10.1 Å². The standard InChI is InChI=1S/C14H20BrNO2/c1-5-12(14(17)18-6-2)16-11-7-9(3)13(15)10(4)8-11/h7-8,12,16H,5-6H2,1-4H3. The van der Waals surface area contributed by atoms with E-state index in [1.54, 1.807) is 0 Å². The van der Waals surface area contributed by atoms with Gasteiger partial charge in [0.15, 0.2) is 0 Å². The van der Waals surface area contributed by atoms with E-state index in [1.165, 1.54) is 0 Å². The maximum absolute atomic E-state index is 11.7. The smallest absolute Gasteiger partial charge is 0.328 e. The van der Waals surface area contributed by atoms with Crippen LogP contribution in [0.2, 0.25) is 0 Å². The monoisotopic (exact) mass is 313 g/mol. The summed E-state index contributed by atoms with van der Waals surface area (Å²) >= 11 is 3.53. The highest BCUT2D eigenvalue weighted by atomic mass is 79.9. The van der Waals surface area contributed by atoms with E-state index in [-0.39, 0.29) is 12.0 Å². The molecule has 0 amide bonds. The number of hydrogen-bond donors (Lipinski definition) is 1. The van der Waals surface area contributed by atoms with Gasteiger partial charge in [0.1, 0.15) is 6.04 Å². The summed E-state index contributed by atoms with van der Waals surface area (Å²) in [5.41, 5.74) is 3.25. The second-order valence-electron chi connectivity index (χ2n) is 4.28. The van der Waals surface area contributed by atoms with Crippen molar-refractivity contribution >= 4 is 27.6 Å². The minimum atomic E-state index is -0.287. The Labute approximate surface area is 117 Å². The van der Waals surface area contributed by atoms with Crippen molar-refractivity contribution in [2.75, 3.05) is 11.9 Å². The maximum Gasteiger partial charge on any atom is 0.328 e. The first kappa shape index (κ1) is 15.0. The zero-order valence-corrected chi connectivity index (χ0v) is 12.9. The average molecular weight is 314 g/mol. The summed E-state index contributed by atoms with van der Waals surface area (Å²) < 4.78 is 6.15. The Hall–Kier alpha value is -1.03. The SMILES string of the molecule is CCOC(=O)C(CC)Nc1cc(C)c(Br)c(C)c1. The second-order valence-corrected chi connectivity index (χ2v) is 5.07. The van der Waals surface area contributed by atoms with Crippen LogP contribution in [0.1, 0.15) is 31.4 Å². The van der Waals surface area contributed by atoms with Gasteiger partial charge in [-0.05, 0) is 50.5 Å². The maximum atomic E-state index is 11.7. The van der Waals surface area contributed by atoms with Crippen LogP contribution in [-0.2, 0) is 9.53 Å². The summed E-state index contributed by atoms with van der Waals surface area (Å²) in [4.78, 5) is 11.7. The van der Waals surface area contributed by atoms with Crippen LogP contribution >= 0.6 is 15.9 Å². The molecule has 18 heavy (non-hydrogen) atoms. The van der Waals surface area contributed by atoms with Crippen molar-refractivity contribution in [1.29, 1.82) is 0 Å². The molecule has 0 bridgehead atoms. The largest absolute Gasteiger partial charge is 0.464 e. The topological polar surface area (TPSA) is 38.3 Å². The van der Waals surface area contributed by atoms with Gasteiger partial charge in [0.25, 0.3) is 0 Å². The number of hydrogen-bond acceptors (Lipinski definition) is 3. The number of esters is 1. The van der Waals surface area contributed by atoms with Crippen LogP contribution in [0.4, 0.5) is 5.69 Å². The van der Waals surface area contributed by atoms with Gasteiger partial charge in [-0.25, -0.2) is 4.79 Å². The third-order valence-electron chi connectivity index (χ3n) is 2.76. The highest BCUT2D eigenvalue weighted by Gasteiger charge is 2.17.